The van der Waals surface area contributed by atoms with Crippen LogP contribution in [0.4, 0.5) is 0 Å². The van der Waals surface area contributed by atoms with Gasteiger partial charge in [-0.3, -0.25) is 0 Å². The largest absolute Gasteiger partial charge is 0.497 e. The Kier molecular flexibility index (Phi) is 3.84. The molecule has 0 spiro atoms. The molecule has 0 radical (unpaired) electrons. The predicted molar refractivity (Wildman–Crippen MR) is 67.9 cm³/mol. The molecule has 1 N–H and O–H groups in total. The van der Waals surface area contributed by atoms with Crippen LogP contribution in [-0.2, 0) is 6.54 Å². The fourth-order valence-corrected chi connectivity index (χ4v) is 1.79. The summed E-state index contributed by atoms with van der Waals surface area (Å²) in [5.74, 6) is 2.20. The standard InChI is InChI=1S/C13H16N2O3/c1-17-11-7-10(8-12(9-11)18-2)13-14-3-4-15(13)5-6-16/h3-4,7-9,16H,5-6H2,1-2H3. The number of aromatic nitrogens is 2. The lowest BCUT2D eigenvalue weighted by atomic mass is 10.2. The normalized spacial score (nSPS) is 10.4. The number of ether oxygens (including phenoxy) is 2. The van der Waals surface area contributed by atoms with Crippen molar-refractivity contribution in [1.29, 1.82) is 0 Å². The summed E-state index contributed by atoms with van der Waals surface area (Å²) < 4.78 is 12.3. The number of aliphatic hydroxyl groups excluding tert-OH is 1. The molecule has 0 atom stereocenters. The van der Waals surface area contributed by atoms with Crippen molar-refractivity contribution in [2.45, 2.75) is 6.54 Å². The number of rotatable bonds is 5. The van der Waals surface area contributed by atoms with Crippen molar-refractivity contribution < 1.29 is 14.6 Å². The molecule has 1 heterocycles. The third-order valence-electron chi connectivity index (χ3n) is 2.67. The van der Waals surface area contributed by atoms with E-state index in [4.69, 9.17) is 14.6 Å². The van der Waals surface area contributed by atoms with Crippen LogP contribution in [0, 0.1) is 0 Å². The van der Waals surface area contributed by atoms with Gasteiger partial charge < -0.3 is 19.1 Å². The highest BCUT2D eigenvalue weighted by Gasteiger charge is 2.09. The van der Waals surface area contributed by atoms with Gasteiger partial charge in [0.05, 0.1) is 20.8 Å². The second-order valence-corrected chi connectivity index (χ2v) is 3.77. The zero-order chi connectivity index (χ0) is 13.0. The molecule has 0 aliphatic rings. The zero-order valence-corrected chi connectivity index (χ0v) is 10.5. The fraction of sp³-hybridized carbons (Fsp3) is 0.308. The van der Waals surface area contributed by atoms with Gasteiger partial charge in [-0.1, -0.05) is 0 Å². The fourth-order valence-electron chi connectivity index (χ4n) is 1.79. The molecule has 2 aromatic rings. The van der Waals surface area contributed by atoms with Gasteiger partial charge in [0.1, 0.15) is 17.3 Å². The van der Waals surface area contributed by atoms with Crippen LogP contribution in [0.2, 0.25) is 0 Å². The number of benzene rings is 1. The summed E-state index contributed by atoms with van der Waals surface area (Å²) in [6.07, 6.45) is 3.54. The van der Waals surface area contributed by atoms with E-state index < -0.39 is 0 Å². The first kappa shape index (κ1) is 12.4. The topological polar surface area (TPSA) is 56.5 Å². The van der Waals surface area contributed by atoms with Gasteiger partial charge in [0.25, 0.3) is 0 Å². The monoisotopic (exact) mass is 248 g/mol. The van der Waals surface area contributed by atoms with Crippen LogP contribution in [0.25, 0.3) is 11.4 Å². The molecular weight excluding hydrogens is 232 g/mol. The van der Waals surface area contributed by atoms with Crippen molar-refractivity contribution in [3.8, 4) is 22.9 Å². The number of hydrogen-bond donors (Lipinski definition) is 1. The van der Waals surface area contributed by atoms with Crippen LogP contribution in [0.5, 0.6) is 11.5 Å². The van der Waals surface area contributed by atoms with E-state index in [2.05, 4.69) is 4.98 Å². The van der Waals surface area contributed by atoms with Crippen LogP contribution in [-0.4, -0.2) is 35.5 Å². The minimum absolute atomic E-state index is 0.0739. The van der Waals surface area contributed by atoms with Crippen molar-refractivity contribution >= 4 is 0 Å². The quantitative estimate of drug-likeness (QED) is 0.872. The lowest BCUT2D eigenvalue weighted by molar-refractivity contribution is 0.276. The molecule has 0 fully saturated rings. The summed E-state index contributed by atoms with van der Waals surface area (Å²) in [5.41, 5.74) is 0.893. The van der Waals surface area contributed by atoms with E-state index >= 15 is 0 Å². The molecule has 0 aliphatic heterocycles. The summed E-state index contributed by atoms with van der Waals surface area (Å²) in [6, 6.07) is 5.58. The molecule has 0 amide bonds. The summed E-state index contributed by atoms with van der Waals surface area (Å²) in [6.45, 7) is 0.583. The van der Waals surface area contributed by atoms with Crippen LogP contribution in [0.15, 0.2) is 30.6 Å². The highest BCUT2D eigenvalue weighted by atomic mass is 16.5. The first-order chi connectivity index (χ1) is 8.78. The molecule has 0 aliphatic carbocycles. The lowest BCUT2D eigenvalue weighted by Crippen LogP contribution is -2.03. The Hall–Kier alpha value is -2.01. The molecule has 1 aromatic carbocycles. The van der Waals surface area contributed by atoms with Crippen molar-refractivity contribution in [1.82, 2.24) is 9.55 Å². The highest BCUT2D eigenvalue weighted by Crippen LogP contribution is 2.28. The number of imidazole rings is 1. The smallest absolute Gasteiger partial charge is 0.140 e. The third-order valence-corrected chi connectivity index (χ3v) is 2.67. The first-order valence-electron chi connectivity index (χ1n) is 5.64. The Morgan fingerprint density at radius 3 is 2.39 bits per heavy atom. The maximum absolute atomic E-state index is 9.01. The SMILES string of the molecule is COc1cc(OC)cc(-c2nccn2CCO)c1. The molecule has 18 heavy (non-hydrogen) atoms. The number of hydrogen-bond acceptors (Lipinski definition) is 4. The van der Waals surface area contributed by atoms with Crippen molar-refractivity contribution in [2.24, 2.45) is 0 Å². The van der Waals surface area contributed by atoms with Crippen molar-refractivity contribution in [2.75, 3.05) is 20.8 Å². The van der Waals surface area contributed by atoms with Gasteiger partial charge in [-0.15, -0.1) is 0 Å². The van der Waals surface area contributed by atoms with Gasteiger partial charge in [-0.25, -0.2) is 4.98 Å². The Morgan fingerprint density at radius 2 is 1.83 bits per heavy atom. The molecule has 0 unspecified atom stereocenters. The van der Waals surface area contributed by atoms with Crippen molar-refractivity contribution in [3.63, 3.8) is 0 Å². The molecule has 5 heteroatoms. The summed E-state index contributed by atoms with van der Waals surface area (Å²) >= 11 is 0. The Morgan fingerprint density at radius 1 is 1.17 bits per heavy atom. The molecule has 1 aromatic heterocycles. The molecular formula is C13H16N2O3. The van der Waals surface area contributed by atoms with E-state index in [1.54, 1.807) is 20.4 Å². The van der Waals surface area contributed by atoms with E-state index in [1.807, 2.05) is 29.0 Å². The van der Waals surface area contributed by atoms with Gasteiger partial charge in [0.15, 0.2) is 0 Å². The van der Waals surface area contributed by atoms with Gasteiger partial charge >= 0.3 is 0 Å². The van der Waals surface area contributed by atoms with Gasteiger partial charge in [-0.05, 0) is 12.1 Å². The molecule has 96 valence electrons. The number of aliphatic hydroxyl groups is 1. The molecule has 5 nitrogen and oxygen atoms in total. The van der Waals surface area contributed by atoms with Crippen LogP contribution in [0.3, 0.4) is 0 Å². The minimum Gasteiger partial charge on any atom is -0.497 e. The van der Waals surface area contributed by atoms with Crippen molar-refractivity contribution in [3.05, 3.63) is 30.6 Å². The highest BCUT2D eigenvalue weighted by molar-refractivity contribution is 5.61. The maximum atomic E-state index is 9.01. The van der Waals surface area contributed by atoms with Crippen LogP contribution >= 0.6 is 0 Å². The van der Waals surface area contributed by atoms with E-state index in [0.717, 1.165) is 11.4 Å². The van der Waals surface area contributed by atoms with E-state index in [1.165, 1.54) is 0 Å². The maximum Gasteiger partial charge on any atom is 0.140 e. The second-order valence-electron chi connectivity index (χ2n) is 3.77. The van der Waals surface area contributed by atoms with Crippen LogP contribution < -0.4 is 9.47 Å². The molecule has 0 saturated heterocycles. The zero-order valence-electron chi connectivity index (χ0n) is 10.5. The molecule has 0 saturated carbocycles. The third kappa shape index (κ3) is 2.46. The Labute approximate surface area is 106 Å². The lowest BCUT2D eigenvalue weighted by Gasteiger charge is -2.10. The number of methoxy groups -OCH3 is 2. The van der Waals surface area contributed by atoms with Gasteiger partial charge in [-0.2, -0.15) is 0 Å². The van der Waals surface area contributed by atoms with E-state index in [0.29, 0.717) is 18.0 Å². The van der Waals surface area contributed by atoms with Gasteiger partial charge in [0.2, 0.25) is 0 Å². The number of nitrogens with zero attached hydrogens (tertiary/aromatic N) is 2. The summed E-state index contributed by atoms with van der Waals surface area (Å²) in [4.78, 5) is 4.30. The predicted octanol–water partition coefficient (Wildman–Crippen LogP) is 1.56. The average molecular weight is 248 g/mol. The van der Waals surface area contributed by atoms with Crippen LogP contribution in [0.1, 0.15) is 0 Å². The molecule has 0 bridgehead atoms. The average Bonchev–Trinajstić information content (AvgIpc) is 2.87. The first-order valence-corrected chi connectivity index (χ1v) is 5.64. The molecule has 2 rings (SSSR count). The minimum atomic E-state index is 0.0739. The Bertz CT molecular complexity index is 500. The van der Waals surface area contributed by atoms with Gasteiger partial charge in [0, 0.05) is 30.6 Å². The summed E-state index contributed by atoms with van der Waals surface area (Å²) in [5, 5.41) is 9.01. The van der Waals surface area contributed by atoms with E-state index in [-0.39, 0.29) is 6.61 Å². The van der Waals surface area contributed by atoms with E-state index in [9.17, 15) is 0 Å². The Balaban J connectivity index is 2.45. The summed E-state index contributed by atoms with van der Waals surface area (Å²) in [7, 11) is 3.22. The second kappa shape index (κ2) is 5.55.